The Hall–Kier alpha value is -4.07. The first-order chi connectivity index (χ1) is 14.4. The number of hydrogen-bond donors (Lipinski definition) is 2. The first-order valence-corrected chi connectivity index (χ1v) is 9.00. The van der Waals surface area contributed by atoms with Gasteiger partial charge in [0.25, 0.3) is 0 Å². The maximum Gasteiger partial charge on any atom is 0.339 e. The molecule has 0 amide bonds. The van der Waals surface area contributed by atoms with Gasteiger partial charge in [-0.3, -0.25) is 0 Å². The minimum Gasteiger partial charge on any atom is -0.478 e. The molecule has 0 radical (unpaired) electrons. The lowest BCUT2D eigenvalue weighted by Gasteiger charge is -2.12. The number of carboxylic acids is 1. The summed E-state index contributed by atoms with van der Waals surface area (Å²) < 4.78 is 28.7. The summed E-state index contributed by atoms with van der Waals surface area (Å²) in [5, 5.41) is 17.0. The van der Waals surface area contributed by atoms with Crippen molar-refractivity contribution in [2.45, 2.75) is 6.92 Å². The van der Waals surface area contributed by atoms with Gasteiger partial charge < -0.3 is 10.4 Å². The maximum absolute atomic E-state index is 13.9. The molecule has 150 valence electrons. The third kappa shape index (κ3) is 3.75. The van der Waals surface area contributed by atoms with Gasteiger partial charge in [-0.05, 0) is 61.0 Å². The lowest BCUT2D eigenvalue weighted by atomic mass is 10.1. The van der Waals surface area contributed by atoms with E-state index in [-0.39, 0.29) is 17.2 Å². The molecule has 0 saturated carbocycles. The molecule has 0 bridgehead atoms. The normalized spacial score (nSPS) is 10.8. The summed E-state index contributed by atoms with van der Waals surface area (Å²) in [5.41, 5.74) is 2.34. The average Bonchev–Trinajstić information content (AvgIpc) is 3.14. The predicted molar refractivity (Wildman–Crippen MR) is 108 cm³/mol. The van der Waals surface area contributed by atoms with Gasteiger partial charge in [-0.15, -0.1) is 0 Å². The maximum atomic E-state index is 13.9. The molecule has 0 unspecified atom stereocenters. The van der Waals surface area contributed by atoms with Gasteiger partial charge in [0.05, 0.1) is 11.4 Å². The van der Waals surface area contributed by atoms with E-state index in [9.17, 15) is 18.7 Å². The van der Waals surface area contributed by atoms with Gasteiger partial charge in [-0.1, -0.05) is 6.07 Å². The van der Waals surface area contributed by atoms with Crippen LogP contribution in [0.2, 0.25) is 0 Å². The van der Waals surface area contributed by atoms with Crippen LogP contribution in [0.4, 0.5) is 20.4 Å². The number of carboxylic acid groups (broad SMARTS) is 1. The van der Waals surface area contributed by atoms with Gasteiger partial charge in [0.2, 0.25) is 0 Å². The molecule has 4 aromatic rings. The molecule has 0 saturated heterocycles. The first kappa shape index (κ1) is 19.3. The van der Waals surface area contributed by atoms with Crippen LogP contribution in [0.5, 0.6) is 0 Å². The van der Waals surface area contributed by atoms with E-state index >= 15 is 0 Å². The molecule has 0 atom stereocenters. The molecule has 2 N–H and O–H groups in total. The van der Waals surface area contributed by atoms with Crippen LogP contribution < -0.4 is 5.32 Å². The Kier molecular flexibility index (Phi) is 4.97. The van der Waals surface area contributed by atoms with Crippen molar-refractivity contribution >= 4 is 17.6 Å². The Morgan fingerprint density at radius 3 is 2.50 bits per heavy atom. The lowest BCUT2D eigenvalue weighted by Crippen LogP contribution is -2.09. The zero-order valence-corrected chi connectivity index (χ0v) is 15.8. The minimum absolute atomic E-state index is 0.0236. The standard InChI is InChI=1S/C22H16F2N4O2/c1-13-4-7-16(24)11-19(13)28-20(26-21-17(22(29)30)3-2-10-25-21)12-18(27-28)14-5-8-15(23)9-6-14/h2-12H,1H3,(H,25,26)(H,29,30). The number of nitrogens with zero attached hydrogens (tertiary/aromatic N) is 3. The molecule has 2 heterocycles. The number of halogens is 2. The number of rotatable bonds is 5. The predicted octanol–water partition coefficient (Wildman–Crippen LogP) is 4.96. The highest BCUT2D eigenvalue weighted by molar-refractivity contribution is 5.93. The Labute approximate surface area is 170 Å². The molecule has 30 heavy (non-hydrogen) atoms. The van der Waals surface area contributed by atoms with E-state index in [1.54, 1.807) is 31.2 Å². The summed E-state index contributed by atoms with van der Waals surface area (Å²) in [4.78, 5) is 15.6. The van der Waals surface area contributed by atoms with E-state index in [2.05, 4.69) is 15.4 Å². The highest BCUT2D eigenvalue weighted by atomic mass is 19.1. The fraction of sp³-hybridized carbons (Fsp3) is 0.0455. The molecule has 0 spiro atoms. The second-order valence-electron chi connectivity index (χ2n) is 6.59. The van der Waals surface area contributed by atoms with Gasteiger partial charge in [0.15, 0.2) is 0 Å². The number of aromatic nitrogens is 3. The Bertz CT molecular complexity index is 1240. The van der Waals surface area contributed by atoms with Crippen molar-refractivity contribution in [1.82, 2.24) is 14.8 Å². The molecule has 0 aliphatic carbocycles. The van der Waals surface area contributed by atoms with E-state index in [1.807, 2.05) is 0 Å². The number of aromatic carboxylic acids is 1. The Balaban J connectivity index is 1.87. The van der Waals surface area contributed by atoms with Crippen LogP contribution >= 0.6 is 0 Å². The molecule has 2 aromatic carbocycles. The summed E-state index contributed by atoms with van der Waals surface area (Å²) in [5.74, 6) is -1.46. The number of carbonyl (C=O) groups is 1. The van der Waals surface area contributed by atoms with E-state index in [4.69, 9.17) is 0 Å². The number of aryl methyl sites for hydroxylation is 1. The van der Waals surface area contributed by atoms with Crippen LogP contribution in [0.1, 0.15) is 15.9 Å². The van der Waals surface area contributed by atoms with Gasteiger partial charge in [0, 0.05) is 17.8 Å². The average molecular weight is 406 g/mol. The van der Waals surface area contributed by atoms with Gasteiger partial charge >= 0.3 is 5.97 Å². The largest absolute Gasteiger partial charge is 0.478 e. The molecular weight excluding hydrogens is 390 g/mol. The fourth-order valence-electron chi connectivity index (χ4n) is 3.03. The lowest BCUT2D eigenvalue weighted by molar-refractivity contribution is 0.0697. The number of nitrogens with one attached hydrogen (secondary N) is 1. The van der Waals surface area contributed by atoms with E-state index < -0.39 is 11.8 Å². The van der Waals surface area contributed by atoms with E-state index in [1.165, 1.54) is 47.3 Å². The zero-order valence-electron chi connectivity index (χ0n) is 15.8. The highest BCUT2D eigenvalue weighted by Crippen LogP contribution is 2.29. The molecule has 6 nitrogen and oxygen atoms in total. The van der Waals surface area contributed by atoms with Crippen molar-refractivity contribution in [2.75, 3.05) is 5.32 Å². The molecule has 0 aliphatic rings. The van der Waals surface area contributed by atoms with Gasteiger partial charge in [-0.2, -0.15) is 5.10 Å². The fourth-order valence-corrected chi connectivity index (χ4v) is 3.03. The second kappa shape index (κ2) is 7.75. The van der Waals surface area contributed by atoms with Crippen molar-refractivity contribution in [3.63, 3.8) is 0 Å². The topological polar surface area (TPSA) is 80.0 Å². The van der Waals surface area contributed by atoms with Crippen LogP contribution in [0.15, 0.2) is 66.9 Å². The molecule has 8 heteroatoms. The summed E-state index contributed by atoms with van der Waals surface area (Å²) in [7, 11) is 0. The minimum atomic E-state index is -1.14. The second-order valence-corrected chi connectivity index (χ2v) is 6.59. The molecule has 0 fully saturated rings. The van der Waals surface area contributed by atoms with Crippen LogP contribution in [0, 0.1) is 18.6 Å². The molecular formula is C22H16F2N4O2. The number of anilines is 2. The Morgan fingerprint density at radius 1 is 1.03 bits per heavy atom. The van der Waals surface area contributed by atoms with Crippen LogP contribution in [-0.4, -0.2) is 25.8 Å². The third-order valence-electron chi connectivity index (χ3n) is 4.53. The molecule has 2 aromatic heterocycles. The number of hydrogen-bond acceptors (Lipinski definition) is 4. The highest BCUT2D eigenvalue weighted by Gasteiger charge is 2.17. The quantitative estimate of drug-likeness (QED) is 0.490. The van der Waals surface area contributed by atoms with Crippen molar-refractivity contribution in [2.24, 2.45) is 0 Å². The number of benzene rings is 2. The monoisotopic (exact) mass is 406 g/mol. The summed E-state index contributed by atoms with van der Waals surface area (Å²) in [6, 6.07) is 14.7. The van der Waals surface area contributed by atoms with Crippen molar-refractivity contribution in [1.29, 1.82) is 0 Å². The number of pyridine rings is 1. The summed E-state index contributed by atoms with van der Waals surface area (Å²) in [6.07, 6.45) is 1.46. The summed E-state index contributed by atoms with van der Waals surface area (Å²) >= 11 is 0. The Morgan fingerprint density at radius 2 is 1.77 bits per heavy atom. The molecule has 4 rings (SSSR count). The summed E-state index contributed by atoms with van der Waals surface area (Å²) in [6.45, 7) is 1.81. The van der Waals surface area contributed by atoms with Crippen molar-refractivity contribution < 1.29 is 18.7 Å². The smallest absolute Gasteiger partial charge is 0.339 e. The SMILES string of the molecule is Cc1ccc(F)cc1-n1nc(-c2ccc(F)cc2)cc1Nc1ncccc1C(=O)O. The van der Waals surface area contributed by atoms with Crippen molar-refractivity contribution in [3.05, 3.63) is 89.6 Å². The van der Waals surface area contributed by atoms with Crippen LogP contribution in [-0.2, 0) is 0 Å². The molecule has 0 aliphatic heterocycles. The first-order valence-electron chi connectivity index (χ1n) is 9.00. The van der Waals surface area contributed by atoms with E-state index in [0.717, 1.165) is 5.56 Å². The van der Waals surface area contributed by atoms with Crippen LogP contribution in [0.3, 0.4) is 0 Å². The van der Waals surface area contributed by atoms with E-state index in [0.29, 0.717) is 22.8 Å². The van der Waals surface area contributed by atoms with Crippen molar-refractivity contribution in [3.8, 4) is 16.9 Å². The van der Waals surface area contributed by atoms with Gasteiger partial charge in [0.1, 0.15) is 28.8 Å². The third-order valence-corrected chi connectivity index (χ3v) is 4.53. The van der Waals surface area contributed by atoms with Gasteiger partial charge in [-0.25, -0.2) is 23.2 Å². The zero-order chi connectivity index (χ0) is 21.3. The van der Waals surface area contributed by atoms with Crippen LogP contribution in [0.25, 0.3) is 16.9 Å².